The molecule has 1 aromatic carbocycles. The van der Waals surface area contributed by atoms with E-state index in [1.165, 1.54) is 12.1 Å². The summed E-state index contributed by atoms with van der Waals surface area (Å²) in [7, 11) is 0. The fraction of sp³-hybridized carbons (Fsp3) is 0.348. The topological polar surface area (TPSA) is 100 Å². The van der Waals surface area contributed by atoms with E-state index in [1.807, 2.05) is 6.07 Å². The predicted octanol–water partition coefficient (Wildman–Crippen LogP) is 3.75. The molecular weight excluding hydrogens is 414 g/mol. The molecule has 0 N–H and O–H groups in total. The van der Waals surface area contributed by atoms with Gasteiger partial charge in [0.05, 0.1) is 28.7 Å². The maximum atomic E-state index is 13.0. The summed E-state index contributed by atoms with van der Waals surface area (Å²) in [4.78, 5) is 43.1. The lowest BCUT2D eigenvalue weighted by molar-refractivity contribution is -0.121. The Morgan fingerprint density at radius 2 is 1.97 bits per heavy atom. The van der Waals surface area contributed by atoms with Crippen molar-refractivity contribution < 1.29 is 19.1 Å². The zero-order valence-corrected chi connectivity index (χ0v) is 18.4. The van der Waals surface area contributed by atoms with Crippen LogP contribution >= 0.6 is 11.8 Å². The molecule has 0 saturated carbocycles. The van der Waals surface area contributed by atoms with Crippen LogP contribution in [0, 0.1) is 17.2 Å². The van der Waals surface area contributed by atoms with Gasteiger partial charge in [0.25, 0.3) is 0 Å². The first kappa shape index (κ1) is 22.5. The van der Waals surface area contributed by atoms with Gasteiger partial charge in [0.1, 0.15) is 11.1 Å². The Morgan fingerprint density at radius 1 is 1.26 bits per heavy atom. The molecule has 1 fully saturated rings. The number of hydrogen-bond acceptors (Lipinski definition) is 7. The fourth-order valence-corrected chi connectivity index (χ4v) is 4.36. The lowest BCUT2D eigenvalue weighted by Crippen LogP contribution is -2.31. The van der Waals surface area contributed by atoms with Crippen LogP contribution in [0.3, 0.4) is 0 Å². The first-order valence-corrected chi connectivity index (χ1v) is 10.9. The zero-order chi connectivity index (χ0) is 22.5. The monoisotopic (exact) mass is 437 g/mol. The summed E-state index contributed by atoms with van der Waals surface area (Å²) >= 11 is 1.15. The van der Waals surface area contributed by atoms with Gasteiger partial charge in [0.15, 0.2) is 0 Å². The summed E-state index contributed by atoms with van der Waals surface area (Å²) in [5.74, 6) is -0.749. The number of nitrogens with zero attached hydrogens (tertiary/aromatic N) is 3. The number of anilines is 1. The van der Waals surface area contributed by atoms with Crippen molar-refractivity contribution in [2.45, 2.75) is 43.9 Å². The summed E-state index contributed by atoms with van der Waals surface area (Å²) in [6.07, 6.45) is 0.778. The van der Waals surface area contributed by atoms with Crippen molar-refractivity contribution in [3.8, 4) is 6.07 Å². The van der Waals surface area contributed by atoms with Gasteiger partial charge in [0, 0.05) is 12.1 Å². The number of amides is 2. The number of carbonyl (C=O) groups is 3. The van der Waals surface area contributed by atoms with E-state index in [0.29, 0.717) is 27.8 Å². The summed E-state index contributed by atoms with van der Waals surface area (Å²) in [5.41, 5.74) is 1.98. The van der Waals surface area contributed by atoms with Gasteiger partial charge in [0.2, 0.25) is 11.8 Å². The summed E-state index contributed by atoms with van der Waals surface area (Å²) in [6.45, 7) is 6.14. The van der Waals surface area contributed by atoms with Crippen molar-refractivity contribution in [2.75, 3.05) is 11.5 Å². The van der Waals surface area contributed by atoms with Gasteiger partial charge in [-0.1, -0.05) is 25.6 Å². The normalized spacial score (nSPS) is 16.0. The van der Waals surface area contributed by atoms with Gasteiger partial charge in [-0.15, -0.1) is 0 Å². The number of imide groups is 1. The van der Waals surface area contributed by atoms with Crippen molar-refractivity contribution in [3.05, 3.63) is 53.2 Å². The molecule has 1 unspecified atom stereocenters. The van der Waals surface area contributed by atoms with Crippen LogP contribution in [-0.2, 0) is 20.7 Å². The minimum atomic E-state index is -0.661. The lowest BCUT2D eigenvalue weighted by atomic mass is 10.1. The first-order valence-electron chi connectivity index (χ1n) is 10.0. The van der Waals surface area contributed by atoms with Gasteiger partial charge in [-0.05, 0) is 55.7 Å². The molecule has 0 aliphatic carbocycles. The van der Waals surface area contributed by atoms with Crippen molar-refractivity contribution in [1.29, 1.82) is 5.26 Å². The number of ether oxygens (including phenoxy) is 1. The third-order valence-corrected chi connectivity index (χ3v) is 5.84. The maximum absolute atomic E-state index is 13.0. The Hall–Kier alpha value is -3.18. The van der Waals surface area contributed by atoms with E-state index < -0.39 is 11.2 Å². The van der Waals surface area contributed by atoms with Gasteiger partial charge in [-0.25, -0.2) is 14.7 Å². The number of aromatic nitrogens is 1. The number of rotatable bonds is 7. The van der Waals surface area contributed by atoms with Gasteiger partial charge < -0.3 is 4.74 Å². The Bertz CT molecular complexity index is 1040. The van der Waals surface area contributed by atoms with Crippen molar-refractivity contribution in [3.63, 3.8) is 0 Å². The van der Waals surface area contributed by atoms with Crippen LogP contribution in [0.2, 0.25) is 0 Å². The zero-order valence-electron chi connectivity index (χ0n) is 17.6. The number of nitriles is 1. The van der Waals surface area contributed by atoms with E-state index in [-0.39, 0.29) is 24.8 Å². The largest absolute Gasteiger partial charge is 0.462 e. The SMILES string of the molecule is CCOC(=O)c1ccc(N2C(=O)CC(Sc3nc(CC(C)C)ccc3C#N)C2=O)cc1. The summed E-state index contributed by atoms with van der Waals surface area (Å²) < 4.78 is 4.95. The highest BCUT2D eigenvalue weighted by Crippen LogP contribution is 2.35. The lowest BCUT2D eigenvalue weighted by Gasteiger charge is -2.15. The summed E-state index contributed by atoms with van der Waals surface area (Å²) in [6, 6.07) is 11.8. The first-order chi connectivity index (χ1) is 14.8. The van der Waals surface area contributed by atoms with Crippen LogP contribution in [-0.4, -0.2) is 34.6 Å². The molecule has 0 bridgehead atoms. The molecular formula is C23H23N3O4S. The number of benzene rings is 1. The van der Waals surface area contributed by atoms with Crippen molar-refractivity contribution in [2.24, 2.45) is 5.92 Å². The van der Waals surface area contributed by atoms with Gasteiger partial charge >= 0.3 is 5.97 Å². The minimum absolute atomic E-state index is 0.0179. The molecule has 7 nitrogen and oxygen atoms in total. The van der Waals surface area contributed by atoms with Crippen LogP contribution in [0.25, 0.3) is 0 Å². The average Bonchev–Trinajstić information content (AvgIpc) is 3.01. The molecule has 1 atom stereocenters. The molecule has 1 aliphatic heterocycles. The standard InChI is InChI=1S/C23H23N3O4S/c1-4-30-23(29)15-6-9-18(10-7-15)26-20(27)12-19(22(26)28)31-21-16(13-24)5-8-17(25-21)11-14(2)3/h5-10,14,19H,4,11-12H2,1-3H3. The molecule has 160 valence electrons. The van der Waals surface area contributed by atoms with Crippen molar-refractivity contribution in [1.82, 2.24) is 4.98 Å². The van der Waals surface area contributed by atoms with E-state index in [0.717, 1.165) is 28.8 Å². The van der Waals surface area contributed by atoms with Crippen molar-refractivity contribution >= 4 is 35.2 Å². The molecule has 0 spiro atoms. The Morgan fingerprint density at radius 3 is 2.58 bits per heavy atom. The number of thioether (sulfide) groups is 1. The fourth-order valence-electron chi connectivity index (χ4n) is 3.25. The second kappa shape index (κ2) is 9.75. The van der Waals surface area contributed by atoms with E-state index in [1.54, 1.807) is 25.1 Å². The van der Waals surface area contributed by atoms with Crippen LogP contribution < -0.4 is 4.90 Å². The Kier molecular flexibility index (Phi) is 7.08. The second-order valence-corrected chi connectivity index (χ2v) is 8.70. The maximum Gasteiger partial charge on any atom is 0.338 e. The molecule has 31 heavy (non-hydrogen) atoms. The number of hydrogen-bond donors (Lipinski definition) is 0. The van der Waals surface area contributed by atoms with Crippen LogP contribution in [0.1, 0.15) is 48.8 Å². The van der Waals surface area contributed by atoms with Crippen LogP contribution in [0.5, 0.6) is 0 Å². The van der Waals surface area contributed by atoms with E-state index >= 15 is 0 Å². The number of carbonyl (C=O) groups excluding carboxylic acids is 3. The molecule has 3 rings (SSSR count). The van der Waals surface area contributed by atoms with E-state index in [2.05, 4.69) is 24.9 Å². The molecule has 1 aliphatic rings. The smallest absolute Gasteiger partial charge is 0.338 e. The minimum Gasteiger partial charge on any atom is -0.462 e. The van der Waals surface area contributed by atoms with Crippen LogP contribution in [0.15, 0.2) is 41.4 Å². The molecule has 2 aromatic rings. The Labute approximate surface area is 185 Å². The highest BCUT2D eigenvalue weighted by atomic mass is 32.2. The van der Waals surface area contributed by atoms with Crippen LogP contribution in [0.4, 0.5) is 5.69 Å². The Balaban J connectivity index is 1.79. The molecule has 1 aromatic heterocycles. The third-order valence-electron chi connectivity index (χ3n) is 4.65. The highest BCUT2D eigenvalue weighted by molar-refractivity contribution is 8.00. The van der Waals surface area contributed by atoms with E-state index in [4.69, 9.17) is 4.74 Å². The van der Waals surface area contributed by atoms with Gasteiger partial charge in [-0.2, -0.15) is 5.26 Å². The number of esters is 1. The molecule has 2 amide bonds. The molecule has 2 heterocycles. The quantitative estimate of drug-likeness (QED) is 0.480. The molecule has 8 heteroatoms. The molecule has 1 saturated heterocycles. The third kappa shape index (κ3) is 5.12. The van der Waals surface area contributed by atoms with E-state index in [9.17, 15) is 19.6 Å². The molecule has 0 radical (unpaired) electrons. The second-order valence-electron chi connectivity index (χ2n) is 7.51. The van der Waals surface area contributed by atoms with Gasteiger partial charge in [-0.3, -0.25) is 9.59 Å². The average molecular weight is 438 g/mol. The summed E-state index contributed by atoms with van der Waals surface area (Å²) in [5, 5.41) is 9.22. The predicted molar refractivity (Wildman–Crippen MR) is 117 cm³/mol. The number of pyridine rings is 1. The highest BCUT2D eigenvalue weighted by Gasteiger charge is 2.40.